The monoisotopic (exact) mass is 416 g/mol. The Morgan fingerprint density at radius 3 is 2.48 bits per heavy atom. The average Bonchev–Trinajstić information content (AvgIpc) is 3.14. The van der Waals surface area contributed by atoms with E-state index >= 15 is 0 Å². The summed E-state index contributed by atoms with van der Waals surface area (Å²) in [5, 5.41) is 0. The molecule has 0 spiro atoms. The molecule has 0 saturated heterocycles. The van der Waals surface area contributed by atoms with Gasteiger partial charge in [-0.05, 0) is 0 Å². The molecule has 2 aliphatic rings. The number of rotatable bonds is 7. The summed E-state index contributed by atoms with van der Waals surface area (Å²) < 4.78 is 43.9. The van der Waals surface area contributed by atoms with E-state index in [1.54, 1.807) is 0 Å². The summed E-state index contributed by atoms with van der Waals surface area (Å²) in [5.41, 5.74) is -1.01. The van der Waals surface area contributed by atoms with E-state index in [9.17, 15) is 13.2 Å². The molecule has 0 aromatic rings. The Bertz CT molecular complexity index is 592. The number of hydrogen-bond donors (Lipinski definition) is 0. The van der Waals surface area contributed by atoms with Gasteiger partial charge in [-0.25, -0.2) is 0 Å². The van der Waals surface area contributed by atoms with E-state index in [1.807, 2.05) is 25.2 Å². The Morgan fingerprint density at radius 1 is 1.13 bits per heavy atom. The van der Waals surface area contributed by atoms with E-state index in [4.69, 9.17) is 0 Å². The average molecular weight is 418 g/mol. The number of alkyl halides is 3. The summed E-state index contributed by atoms with van der Waals surface area (Å²) >= 11 is -2.80. The normalized spacial score (nSPS) is 18.7. The zero-order chi connectivity index (χ0) is 16.9. The van der Waals surface area contributed by atoms with Gasteiger partial charge in [-0.2, -0.15) is 0 Å². The van der Waals surface area contributed by atoms with Crippen LogP contribution in [0.15, 0.2) is 42.5 Å². The van der Waals surface area contributed by atoms with Crippen LogP contribution in [-0.4, -0.2) is 11.2 Å². The van der Waals surface area contributed by atoms with Crippen LogP contribution in [-0.2, 0) is 20.4 Å². The van der Waals surface area contributed by atoms with Gasteiger partial charge in [-0.15, -0.1) is 0 Å². The van der Waals surface area contributed by atoms with Gasteiger partial charge in [0.25, 0.3) is 0 Å². The van der Waals surface area contributed by atoms with Crippen LogP contribution in [0.25, 0.3) is 0 Å². The second-order valence-corrected chi connectivity index (χ2v) is 20.6. The number of allylic oxidation sites excluding steroid dienone is 8. The standard InChI is InChI=1S/C8H11.C5H9F3Si.C5H5.Zr/c1-2-5-8-6-3-4-7-8;1-2-3-4-9-5(6,7)8;1-2-4-5-3-1;/h6-7H,2-3,5H2,1H3;2-4H2,1H3;1-3H,4H2;. The minimum absolute atomic E-state index is 0.414. The fourth-order valence-electron chi connectivity index (χ4n) is 3.21. The van der Waals surface area contributed by atoms with Crippen LogP contribution < -0.4 is 0 Å². The molecule has 0 saturated carbocycles. The summed E-state index contributed by atoms with van der Waals surface area (Å²) in [6.07, 6.45) is 15.5. The fraction of sp³-hybridized carbons (Fsp3) is 0.556. The van der Waals surface area contributed by atoms with E-state index in [1.165, 1.54) is 12.1 Å². The zero-order valence-corrected chi connectivity index (χ0v) is 17.4. The minimum atomic E-state index is -3.95. The van der Waals surface area contributed by atoms with Gasteiger partial charge in [0.2, 0.25) is 0 Å². The van der Waals surface area contributed by atoms with Gasteiger partial charge >= 0.3 is 146 Å². The molecule has 0 aromatic carbocycles. The number of halogens is 3. The van der Waals surface area contributed by atoms with Gasteiger partial charge in [0.05, 0.1) is 0 Å². The van der Waals surface area contributed by atoms with E-state index in [2.05, 4.69) is 19.1 Å². The zero-order valence-electron chi connectivity index (χ0n) is 14.0. The van der Waals surface area contributed by atoms with E-state index in [0.717, 1.165) is 38.5 Å². The summed E-state index contributed by atoms with van der Waals surface area (Å²) in [6, 6.07) is 0.414. The molecule has 0 nitrogen and oxygen atoms in total. The van der Waals surface area contributed by atoms with Crippen LogP contribution >= 0.6 is 0 Å². The molecule has 0 radical (unpaired) electrons. The molecule has 0 bridgehead atoms. The van der Waals surface area contributed by atoms with Gasteiger partial charge in [0.1, 0.15) is 0 Å². The quantitative estimate of drug-likeness (QED) is 0.423. The van der Waals surface area contributed by atoms with Gasteiger partial charge in [0, 0.05) is 0 Å². The molecular formula is C18H25F3SiZr. The van der Waals surface area contributed by atoms with Crippen molar-refractivity contribution in [1.82, 2.24) is 0 Å². The van der Waals surface area contributed by atoms with Crippen LogP contribution in [0.5, 0.6) is 0 Å². The number of unbranched alkanes of at least 4 members (excludes halogenated alkanes) is 1. The Balaban J connectivity index is 2.44. The number of hydrogen-bond acceptors (Lipinski definition) is 0. The molecule has 0 heterocycles. The molecule has 126 valence electrons. The maximum atomic E-state index is 13.8. The maximum absolute atomic E-state index is 13.8. The molecule has 0 aromatic heterocycles. The predicted molar refractivity (Wildman–Crippen MR) is 89.1 cm³/mol. The first kappa shape index (κ1) is 19.2. The Hall–Kier alpha value is -0.150. The van der Waals surface area contributed by atoms with Crippen molar-refractivity contribution in [2.45, 2.75) is 64.2 Å². The first-order chi connectivity index (χ1) is 11.0. The van der Waals surface area contributed by atoms with Gasteiger partial charge in [-0.3, -0.25) is 0 Å². The molecule has 0 N–H and O–H groups in total. The van der Waals surface area contributed by atoms with Crippen LogP contribution in [0.1, 0.15) is 52.4 Å². The summed E-state index contributed by atoms with van der Waals surface area (Å²) in [7, 11) is 0. The SMILES string of the molecule is CCCC/[Si](=[Zr](/[C]1=CC=CC1)[C]1=CC(CCC)=CC1)C(F)(F)F. The van der Waals surface area contributed by atoms with Crippen LogP contribution in [0, 0.1) is 0 Å². The van der Waals surface area contributed by atoms with E-state index in [-0.39, 0.29) is 0 Å². The van der Waals surface area contributed by atoms with Crippen LogP contribution in [0.3, 0.4) is 0 Å². The van der Waals surface area contributed by atoms with Crippen molar-refractivity contribution in [1.29, 1.82) is 0 Å². The summed E-state index contributed by atoms with van der Waals surface area (Å²) in [6.45, 7) is 4.12. The van der Waals surface area contributed by atoms with Gasteiger partial charge < -0.3 is 0 Å². The summed E-state index contributed by atoms with van der Waals surface area (Å²) in [5.74, 6) is -3.95. The van der Waals surface area contributed by atoms with Crippen molar-refractivity contribution in [3.63, 3.8) is 0 Å². The first-order valence-electron chi connectivity index (χ1n) is 8.53. The third-order valence-corrected chi connectivity index (χ3v) is 23.6. The molecule has 2 aliphatic carbocycles. The molecule has 0 unspecified atom stereocenters. The summed E-state index contributed by atoms with van der Waals surface area (Å²) in [4.78, 5) is 0. The molecule has 2 rings (SSSR count). The molecule has 0 fully saturated rings. The first-order valence-corrected chi connectivity index (χ1v) is 16.4. The van der Waals surface area contributed by atoms with Crippen molar-refractivity contribution in [3.8, 4) is 0 Å². The van der Waals surface area contributed by atoms with E-state index < -0.39 is 31.6 Å². The van der Waals surface area contributed by atoms with Gasteiger partial charge in [-0.1, -0.05) is 0 Å². The second-order valence-electron chi connectivity index (χ2n) is 6.18. The molecule has 23 heavy (non-hydrogen) atoms. The molecule has 0 aliphatic heterocycles. The molecular weight excluding hydrogens is 393 g/mol. The molecule has 5 heteroatoms. The van der Waals surface area contributed by atoms with Crippen LogP contribution in [0.2, 0.25) is 6.04 Å². The molecule has 0 atom stereocenters. The van der Waals surface area contributed by atoms with E-state index in [0.29, 0.717) is 6.04 Å². The Morgan fingerprint density at radius 2 is 1.91 bits per heavy atom. The van der Waals surface area contributed by atoms with Gasteiger partial charge in [0.15, 0.2) is 0 Å². The molecule has 0 amide bonds. The topological polar surface area (TPSA) is 0 Å². The third-order valence-electron chi connectivity index (χ3n) is 4.32. The second kappa shape index (κ2) is 8.80. The van der Waals surface area contributed by atoms with Crippen LogP contribution in [0.4, 0.5) is 13.2 Å². The Labute approximate surface area is 145 Å². The van der Waals surface area contributed by atoms with Crippen molar-refractivity contribution in [2.24, 2.45) is 0 Å². The predicted octanol–water partition coefficient (Wildman–Crippen LogP) is 6.36. The van der Waals surface area contributed by atoms with Crippen molar-refractivity contribution in [2.75, 3.05) is 0 Å². The van der Waals surface area contributed by atoms with Crippen molar-refractivity contribution < 1.29 is 33.5 Å². The van der Waals surface area contributed by atoms with Crippen molar-refractivity contribution in [3.05, 3.63) is 42.5 Å². The fourth-order valence-corrected chi connectivity index (χ4v) is 22.6. The van der Waals surface area contributed by atoms with Crippen molar-refractivity contribution >= 4 is 5.43 Å². The third kappa shape index (κ3) is 5.16. The Kier molecular flexibility index (Phi) is 7.34.